The fourth-order valence-electron chi connectivity index (χ4n) is 4.17. The highest BCUT2D eigenvalue weighted by atomic mass is 35.5. The van der Waals surface area contributed by atoms with Crippen LogP contribution in [0.4, 0.5) is 15.8 Å². The molecule has 1 fully saturated rings. The molecule has 1 aliphatic rings. The van der Waals surface area contributed by atoms with Crippen LogP contribution in [0.1, 0.15) is 54.6 Å². The number of nitrogens with one attached hydrogen (secondary N) is 2. The topological polar surface area (TPSA) is 91.5 Å². The molecule has 1 saturated carbocycles. The molecule has 2 heterocycles. The van der Waals surface area contributed by atoms with Gasteiger partial charge in [-0.15, -0.1) is 11.7 Å². The number of hydrogen-bond acceptors (Lipinski definition) is 6. The van der Waals surface area contributed by atoms with Crippen LogP contribution in [0.3, 0.4) is 0 Å². The number of aromatic nitrogens is 4. The monoisotopic (exact) mass is 501 g/mol. The predicted molar refractivity (Wildman–Crippen MR) is 140 cm³/mol. The summed E-state index contributed by atoms with van der Waals surface area (Å²) in [7, 11) is 0. The van der Waals surface area contributed by atoms with Crippen LogP contribution in [0.5, 0.6) is 0 Å². The zero-order valence-corrected chi connectivity index (χ0v) is 20.3. The first-order valence-corrected chi connectivity index (χ1v) is 12.3. The minimum atomic E-state index is -0.386. The lowest BCUT2D eigenvalue weighted by Gasteiger charge is -2.20. The van der Waals surface area contributed by atoms with Crippen LogP contribution in [0.25, 0.3) is 10.9 Å². The van der Waals surface area contributed by atoms with Crippen LogP contribution in [-0.4, -0.2) is 26.5 Å². The van der Waals surface area contributed by atoms with Gasteiger partial charge in [0.2, 0.25) is 0 Å². The summed E-state index contributed by atoms with van der Waals surface area (Å²) in [5, 5.41) is 26.5. The molecule has 1 atom stereocenters. The number of benzene rings is 2. The number of pyridine rings is 1. The van der Waals surface area contributed by atoms with Gasteiger partial charge in [0.05, 0.1) is 40.1 Å². The highest BCUT2D eigenvalue weighted by molar-refractivity contribution is 6.35. The van der Waals surface area contributed by atoms with Crippen molar-refractivity contribution in [3.8, 4) is 6.07 Å². The summed E-state index contributed by atoms with van der Waals surface area (Å²) in [6, 6.07) is 12.3. The van der Waals surface area contributed by atoms with Gasteiger partial charge in [-0.3, -0.25) is 4.98 Å². The van der Waals surface area contributed by atoms with Crippen molar-refractivity contribution in [1.82, 2.24) is 20.0 Å². The molecule has 2 N–H and O–H groups in total. The lowest BCUT2D eigenvalue weighted by Crippen LogP contribution is -2.13. The molecule has 5 rings (SSSR count). The van der Waals surface area contributed by atoms with E-state index in [1.807, 2.05) is 23.0 Å². The Morgan fingerprint density at radius 2 is 2.08 bits per heavy atom. The maximum atomic E-state index is 13.7. The fraction of sp³-hybridized carbons (Fsp3) is 0.259. The summed E-state index contributed by atoms with van der Waals surface area (Å²) < 4.78 is 15.6. The Morgan fingerprint density at radius 3 is 2.81 bits per heavy atom. The largest absolute Gasteiger partial charge is 0.383 e. The number of halogens is 2. The van der Waals surface area contributed by atoms with Gasteiger partial charge in [0.15, 0.2) is 0 Å². The molecule has 0 spiro atoms. The molecule has 9 heteroatoms. The molecule has 7 nitrogen and oxygen atoms in total. The van der Waals surface area contributed by atoms with E-state index in [0.29, 0.717) is 40.1 Å². The molecule has 0 radical (unpaired) electrons. The predicted octanol–water partition coefficient (Wildman–Crippen LogP) is 6.40. The molecule has 0 aliphatic heterocycles. The Bertz CT molecular complexity index is 1440. The first-order chi connectivity index (χ1) is 17.6. The molecule has 2 aromatic carbocycles. The summed E-state index contributed by atoms with van der Waals surface area (Å²) in [5.41, 5.74) is 4.00. The summed E-state index contributed by atoms with van der Waals surface area (Å²) in [4.78, 5) is 4.43. The van der Waals surface area contributed by atoms with Gasteiger partial charge in [0, 0.05) is 23.8 Å². The van der Waals surface area contributed by atoms with Crippen molar-refractivity contribution in [1.29, 1.82) is 5.26 Å². The number of allylic oxidation sites excluding steroid dienone is 1. The number of rotatable bonds is 10. The maximum absolute atomic E-state index is 13.7. The molecule has 1 aliphatic carbocycles. The second-order valence-electron chi connectivity index (χ2n) is 8.85. The maximum Gasteiger partial charge on any atom is 0.123 e. The fourth-order valence-corrected chi connectivity index (χ4v) is 4.44. The van der Waals surface area contributed by atoms with Gasteiger partial charge >= 0.3 is 0 Å². The number of fused-ring (bicyclic) bond motifs is 1. The lowest BCUT2D eigenvalue weighted by molar-refractivity contribution is 0.610. The molecule has 182 valence electrons. The van der Waals surface area contributed by atoms with E-state index >= 15 is 0 Å². The van der Waals surface area contributed by atoms with Crippen molar-refractivity contribution in [2.75, 3.05) is 17.2 Å². The van der Waals surface area contributed by atoms with E-state index in [-0.39, 0.29) is 11.9 Å². The second-order valence-corrected chi connectivity index (χ2v) is 9.26. The Balaban J connectivity index is 1.54. The number of hydrogen-bond donors (Lipinski definition) is 2. The van der Waals surface area contributed by atoms with E-state index in [1.165, 1.54) is 18.3 Å². The SMILES string of the molecule is C=CCCCNc1c(C#N)cnc2c(Cl)cc(N[C@@H](c3ccc(F)cc3)c3cn(C4CC4)nn3)cc12. The van der Waals surface area contributed by atoms with Gasteiger partial charge in [-0.05, 0) is 55.5 Å². The standard InChI is InChI=1S/C27H25ClFN7/c1-2-3-4-11-31-25-18(14-30)15-32-27-22(25)12-20(13-23(27)28)33-26(17-5-7-19(29)8-6-17)24-16-36(35-34-24)21-9-10-21/h2,5-8,12-13,15-16,21,26,33H,1,3-4,9-11H2,(H,31,32)/t26-/m0/s1. The average molecular weight is 502 g/mol. The smallest absolute Gasteiger partial charge is 0.123 e. The third kappa shape index (κ3) is 5.02. The molecule has 0 unspecified atom stereocenters. The summed E-state index contributed by atoms with van der Waals surface area (Å²) in [5.74, 6) is -0.310. The average Bonchev–Trinajstić information content (AvgIpc) is 3.62. The van der Waals surface area contributed by atoms with E-state index in [2.05, 4.69) is 38.6 Å². The number of anilines is 2. The highest BCUT2D eigenvalue weighted by Gasteiger charge is 2.27. The van der Waals surface area contributed by atoms with E-state index in [0.717, 1.165) is 42.3 Å². The Morgan fingerprint density at radius 1 is 1.28 bits per heavy atom. The zero-order chi connectivity index (χ0) is 25.1. The Labute approximate surface area is 213 Å². The van der Waals surface area contributed by atoms with Crippen LogP contribution in [0, 0.1) is 17.1 Å². The molecular weight excluding hydrogens is 477 g/mol. The third-order valence-corrected chi connectivity index (χ3v) is 6.48. The van der Waals surface area contributed by atoms with Crippen LogP contribution in [0.15, 0.2) is 61.4 Å². The van der Waals surface area contributed by atoms with Gasteiger partial charge in [-0.2, -0.15) is 5.26 Å². The van der Waals surface area contributed by atoms with Gasteiger partial charge in [0.1, 0.15) is 17.6 Å². The quantitative estimate of drug-likeness (QED) is 0.193. The number of unbranched alkanes of at least 4 members (excludes halogenated alkanes) is 1. The Hall–Kier alpha value is -3.96. The Kier molecular flexibility index (Phi) is 6.83. The summed E-state index contributed by atoms with van der Waals surface area (Å²) in [6.07, 6.45) is 9.27. The van der Waals surface area contributed by atoms with Gasteiger partial charge in [-0.1, -0.05) is 35.0 Å². The van der Waals surface area contributed by atoms with E-state index < -0.39 is 0 Å². The molecule has 2 aromatic heterocycles. The van der Waals surface area contributed by atoms with Gasteiger partial charge in [0.25, 0.3) is 0 Å². The van der Waals surface area contributed by atoms with E-state index in [9.17, 15) is 9.65 Å². The van der Waals surface area contributed by atoms with Crippen LogP contribution >= 0.6 is 11.6 Å². The van der Waals surface area contributed by atoms with E-state index in [1.54, 1.807) is 18.2 Å². The lowest BCUT2D eigenvalue weighted by atomic mass is 10.0. The molecular formula is C27H25ClFN7. The van der Waals surface area contributed by atoms with Crippen molar-refractivity contribution < 1.29 is 4.39 Å². The molecule has 36 heavy (non-hydrogen) atoms. The van der Waals surface area contributed by atoms with E-state index in [4.69, 9.17) is 11.6 Å². The molecule has 0 amide bonds. The van der Waals surface area contributed by atoms with Crippen LogP contribution in [0.2, 0.25) is 5.02 Å². The number of nitrogens with zero attached hydrogens (tertiary/aromatic N) is 5. The second kappa shape index (κ2) is 10.3. The normalized spacial score (nSPS) is 13.8. The summed E-state index contributed by atoms with van der Waals surface area (Å²) >= 11 is 6.66. The van der Waals surface area contributed by atoms with Crippen molar-refractivity contribution in [2.24, 2.45) is 0 Å². The molecule has 0 saturated heterocycles. The molecule has 0 bridgehead atoms. The highest BCUT2D eigenvalue weighted by Crippen LogP contribution is 2.37. The number of nitriles is 1. The molecule has 4 aromatic rings. The van der Waals surface area contributed by atoms with Crippen molar-refractivity contribution in [3.63, 3.8) is 0 Å². The first-order valence-electron chi connectivity index (χ1n) is 11.9. The zero-order valence-electron chi connectivity index (χ0n) is 19.6. The van der Waals surface area contributed by atoms with Gasteiger partial charge in [-0.25, -0.2) is 9.07 Å². The minimum Gasteiger partial charge on any atom is -0.383 e. The van der Waals surface area contributed by atoms with Crippen LogP contribution in [-0.2, 0) is 0 Å². The van der Waals surface area contributed by atoms with Crippen molar-refractivity contribution in [3.05, 3.63) is 89.1 Å². The minimum absolute atomic E-state index is 0.310. The third-order valence-electron chi connectivity index (χ3n) is 6.19. The van der Waals surface area contributed by atoms with Gasteiger partial charge < -0.3 is 10.6 Å². The first kappa shape index (κ1) is 23.8. The summed E-state index contributed by atoms with van der Waals surface area (Å²) in [6.45, 7) is 4.44. The van der Waals surface area contributed by atoms with Crippen LogP contribution < -0.4 is 10.6 Å². The van der Waals surface area contributed by atoms with Crippen molar-refractivity contribution in [2.45, 2.75) is 37.8 Å². The van der Waals surface area contributed by atoms with Crippen molar-refractivity contribution >= 4 is 33.9 Å².